The van der Waals surface area contributed by atoms with Gasteiger partial charge in [-0.05, 0) is 17.7 Å². The second kappa shape index (κ2) is 8.23. The summed E-state index contributed by atoms with van der Waals surface area (Å²) in [7, 11) is 0. The van der Waals surface area contributed by atoms with Crippen LogP contribution in [-0.4, -0.2) is 22.5 Å². The van der Waals surface area contributed by atoms with Gasteiger partial charge in [0.2, 0.25) is 0 Å². The molecule has 2 rings (SSSR count). The van der Waals surface area contributed by atoms with Crippen molar-refractivity contribution >= 4 is 12.4 Å². The summed E-state index contributed by atoms with van der Waals surface area (Å²) in [4.78, 5) is 0. The second-order valence-electron chi connectivity index (χ2n) is 5.01. The van der Waals surface area contributed by atoms with Gasteiger partial charge in [-0.15, -0.1) is 12.4 Å². The molecule has 4 N–H and O–H groups in total. The number of nitrogens with two attached hydrogens (primary N) is 1. The van der Waals surface area contributed by atoms with E-state index in [0.29, 0.717) is 0 Å². The quantitative estimate of drug-likeness (QED) is 0.761. The van der Waals surface area contributed by atoms with Crippen molar-refractivity contribution in [3.8, 4) is 11.5 Å². The van der Waals surface area contributed by atoms with Crippen molar-refractivity contribution in [3.63, 3.8) is 0 Å². The number of hydrogen-bond acceptors (Lipinski definition) is 4. The first-order valence-electron chi connectivity index (χ1n) is 6.79. The molecule has 0 aliphatic heterocycles. The van der Waals surface area contributed by atoms with Crippen LogP contribution in [0.3, 0.4) is 0 Å². The van der Waals surface area contributed by atoms with Crippen molar-refractivity contribution in [2.75, 3.05) is 0 Å². The molecule has 0 fully saturated rings. The Hall–Kier alpha value is -1.96. The highest BCUT2D eigenvalue weighted by atomic mass is 35.5. The predicted molar refractivity (Wildman–Crippen MR) is 85.1 cm³/mol. The summed E-state index contributed by atoms with van der Waals surface area (Å²) in [6.45, 7) is 0.247. The molecule has 2 atom stereocenters. The van der Waals surface area contributed by atoms with Crippen LogP contribution in [0.25, 0.3) is 0 Å². The fourth-order valence-electron chi connectivity index (χ4n) is 2.01. The van der Waals surface area contributed by atoms with Crippen molar-refractivity contribution in [3.05, 3.63) is 59.7 Å². The Labute approximate surface area is 143 Å². The summed E-state index contributed by atoms with van der Waals surface area (Å²) < 4.78 is 42.9. The Kier molecular flexibility index (Phi) is 6.89. The molecule has 0 saturated carbocycles. The highest BCUT2D eigenvalue weighted by molar-refractivity contribution is 5.85. The molecule has 0 spiro atoms. The zero-order valence-electron chi connectivity index (χ0n) is 12.4. The fraction of sp³-hybridized carbons (Fsp3) is 0.250. The molecule has 8 heteroatoms. The molecule has 0 aliphatic rings. The van der Waals surface area contributed by atoms with Crippen LogP contribution < -0.4 is 10.5 Å². The van der Waals surface area contributed by atoms with E-state index in [1.807, 2.05) is 30.3 Å². The van der Waals surface area contributed by atoms with Gasteiger partial charge < -0.3 is 20.7 Å². The van der Waals surface area contributed by atoms with Gasteiger partial charge >= 0.3 is 6.18 Å². The van der Waals surface area contributed by atoms with Gasteiger partial charge in [0.25, 0.3) is 0 Å². The summed E-state index contributed by atoms with van der Waals surface area (Å²) in [5.74, 6) is -0.185. The number of alkyl halides is 3. The van der Waals surface area contributed by atoms with Gasteiger partial charge in [-0.25, -0.2) is 0 Å². The molecule has 24 heavy (non-hydrogen) atoms. The van der Waals surface area contributed by atoms with E-state index in [9.17, 15) is 18.3 Å². The Morgan fingerprint density at radius 1 is 1.08 bits per heavy atom. The van der Waals surface area contributed by atoms with E-state index in [4.69, 9.17) is 15.6 Å². The van der Waals surface area contributed by atoms with Crippen molar-refractivity contribution in [1.82, 2.24) is 0 Å². The highest BCUT2D eigenvalue weighted by Gasteiger charge is 2.43. The standard InChI is InChI=1S/C16H16F3NO3.ClH/c17-16(18,19)15(22)14(20)12-7-6-11(8-13(12)21)23-9-10-4-2-1-3-5-10;/h1-8,14-15,21-22H,9,20H2;1H/t14-,15-;/m1./s1. The van der Waals surface area contributed by atoms with Gasteiger partial charge in [-0.2, -0.15) is 13.2 Å². The van der Waals surface area contributed by atoms with Crippen LogP contribution in [0.15, 0.2) is 48.5 Å². The van der Waals surface area contributed by atoms with Gasteiger partial charge in [0, 0.05) is 11.6 Å². The van der Waals surface area contributed by atoms with Crippen molar-refractivity contribution in [2.45, 2.75) is 24.9 Å². The highest BCUT2D eigenvalue weighted by Crippen LogP contribution is 2.34. The van der Waals surface area contributed by atoms with Crippen LogP contribution in [0.1, 0.15) is 17.2 Å². The Morgan fingerprint density at radius 2 is 1.71 bits per heavy atom. The number of benzene rings is 2. The molecule has 4 nitrogen and oxygen atoms in total. The summed E-state index contributed by atoms with van der Waals surface area (Å²) >= 11 is 0. The van der Waals surface area contributed by atoms with Gasteiger partial charge in [-0.3, -0.25) is 0 Å². The number of phenolic OH excluding ortho intramolecular Hbond substituents is 1. The molecule has 0 unspecified atom stereocenters. The van der Waals surface area contributed by atoms with E-state index in [1.165, 1.54) is 18.2 Å². The number of ether oxygens (including phenoxy) is 1. The lowest BCUT2D eigenvalue weighted by Crippen LogP contribution is -2.38. The minimum absolute atomic E-state index is 0. The number of halogens is 4. The van der Waals surface area contributed by atoms with Gasteiger partial charge in [0.1, 0.15) is 18.1 Å². The summed E-state index contributed by atoms with van der Waals surface area (Å²) in [5.41, 5.74) is 6.07. The number of aliphatic hydroxyl groups excluding tert-OH is 1. The zero-order valence-corrected chi connectivity index (χ0v) is 13.2. The first-order valence-corrected chi connectivity index (χ1v) is 6.79. The number of rotatable bonds is 5. The third-order valence-electron chi connectivity index (χ3n) is 3.28. The van der Waals surface area contributed by atoms with Crippen LogP contribution in [0.2, 0.25) is 0 Å². The van der Waals surface area contributed by atoms with Crippen LogP contribution >= 0.6 is 12.4 Å². The minimum Gasteiger partial charge on any atom is -0.507 e. The maximum atomic E-state index is 12.5. The summed E-state index contributed by atoms with van der Waals surface area (Å²) in [6.07, 6.45) is -7.63. The first-order chi connectivity index (χ1) is 10.8. The van der Waals surface area contributed by atoms with Crippen molar-refractivity contribution in [1.29, 1.82) is 0 Å². The van der Waals surface area contributed by atoms with E-state index in [0.717, 1.165) is 5.56 Å². The fourth-order valence-corrected chi connectivity index (χ4v) is 2.01. The largest absolute Gasteiger partial charge is 0.507 e. The van der Waals surface area contributed by atoms with Crippen LogP contribution in [0.4, 0.5) is 13.2 Å². The molecule has 0 aliphatic carbocycles. The van der Waals surface area contributed by atoms with Crippen LogP contribution in [0.5, 0.6) is 11.5 Å². The third kappa shape index (κ3) is 5.02. The molecule has 0 amide bonds. The van der Waals surface area contributed by atoms with E-state index in [-0.39, 0.29) is 30.3 Å². The monoisotopic (exact) mass is 363 g/mol. The maximum absolute atomic E-state index is 12.5. The lowest BCUT2D eigenvalue weighted by atomic mass is 10.0. The second-order valence-corrected chi connectivity index (χ2v) is 5.01. The Balaban J connectivity index is 0.00000288. The van der Waals surface area contributed by atoms with Gasteiger partial charge in [-0.1, -0.05) is 30.3 Å². The van der Waals surface area contributed by atoms with E-state index in [2.05, 4.69) is 0 Å². The zero-order chi connectivity index (χ0) is 17.0. The van der Waals surface area contributed by atoms with Crippen LogP contribution in [-0.2, 0) is 6.61 Å². The molecule has 0 saturated heterocycles. The summed E-state index contributed by atoms with van der Waals surface area (Å²) in [5, 5.41) is 19.0. The third-order valence-corrected chi connectivity index (χ3v) is 3.28. The van der Waals surface area contributed by atoms with E-state index in [1.54, 1.807) is 0 Å². The normalized spacial score (nSPS) is 13.7. The minimum atomic E-state index is -4.87. The lowest BCUT2D eigenvalue weighted by molar-refractivity contribution is -0.210. The van der Waals surface area contributed by atoms with Crippen LogP contribution in [0, 0.1) is 0 Å². The van der Waals surface area contributed by atoms with Crippen molar-refractivity contribution in [2.24, 2.45) is 5.73 Å². The number of phenols is 1. The number of aliphatic hydroxyl groups is 1. The molecule has 2 aromatic carbocycles. The summed E-state index contributed by atoms with van der Waals surface area (Å²) in [6, 6.07) is 11.2. The molecular formula is C16H17ClF3NO3. The molecule has 2 aromatic rings. The molecule has 0 heterocycles. The topological polar surface area (TPSA) is 75.7 Å². The molecule has 0 aromatic heterocycles. The Morgan fingerprint density at radius 3 is 2.25 bits per heavy atom. The lowest BCUT2D eigenvalue weighted by Gasteiger charge is -2.22. The van der Waals surface area contributed by atoms with Gasteiger partial charge in [0.05, 0.1) is 6.04 Å². The van der Waals surface area contributed by atoms with E-state index >= 15 is 0 Å². The van der Waals surface area contributed by atoms with Gasteiger partial charge in [0.15, 0.2) is 6.10 Å². The maximum Gasteiger partial charge on any atom is 0.416 e. The predicted octanol–water partition coefficient (Wildman–Crippen LogP) is 3.32. The van der Waals surface area contributed by atoms with E-state index < -0.39 is 24.1 Å². The smallest absolute Gasteiger partial charge is 0.416 e. The molecular weight excluding hydrogens is 347 g/mol. The SMILES string of the molecule is Cl.N[C@H](c1ccc(OCc2ccccc2)cc1O)[C@@H](O)C(F)(F)F. The first kappa shape index (κ1) is 20.1. The Bertz CT molecular complexity index is 653. The number of aromatic hydroxyl groups is 1. The van der Waals surface area contributed by atoms with Crippen molar-refractivity contribution < 1.29 is 28.1 Å². The molecule has 0 bridgehead atoms. The number of hydrogen-bond donors (Lipinski definition) is 3. The molecule has 0 radical (unpaired) electrons. The average Bonchev–Trinajstić information content (AvgIpc) is 2.52. The molecule has 132 valence electrons. The average molecular weight is 364 g/mol.